The first-order chi connectivity index (χ1) is 11.5. The minimum absolute atomic E-state index is 0.0974. The van der Waals surface area contributed by atoms with Crippen molar-refractivity contribution in [3.05, 3.63) is 71.9 Å². The van der Waals surface area contributed by atoms with E-state index in [4.69, 9.17) is 4.74 Å². The molecule has 124 valence electrons. The number of hydrogen-bond donors (Lipinski definition) is 2. The van der Waals surface area contributed by atoms with Crippen molar-refractivity contribution in [1.29, 1.82) is 0 Å². The van der Waals surface area contributed by atoms with Crippen LogP contribution >= 0.6 is 0 Å². The Bertz CT molecular complexity index is 822. The average molecular weight is 322 g/mol. The number of H-pyrrole nitrogens is 1. The summed E-state index contributed by atoms with van der Waals surface area (Å²) in [4.78, 5) is 15.6. The maximum atomic E-state index is 12.5. The van der Waals surface area contributed by atoms with Gasteiger partial charge in [-0.3, -0.25) is 4.79 Å². The lowest BCUT2D eigenvalue weighted by Crippen LogP contribution is -2.47. The molecule has 0 bridgehead atoms. The predicted octanol–water partition coefficient (Wildman–Crippen LogP) is 3.89. The van der Waals surface area contributed by atoms with E-state index in [1.165, 1.54) is 0 Å². The highest BCUT2D eigenvalue weighted by atomic mass is 16.5. The monoisotopic (exact) mass is 322 g/mol. The van der Waals surface area contributed by atoms with Crippen LogP contribution in [0.2, 0.25) is 0 Å². The van der Waals surface area contributed by atoms with E-state index in [9.17, 15) is 4.79 Å². The summed E-state index contributed by atoms with van der Waals surface area (Å²) in [5, 5.41) is 4.13. The summed E-state index contributed by atoms with van der Waals surface area (Å²) in [7, 11) is 0. The third-order valence-corrected chi connectivity index (χ3v) is 3.84. The van der Waals surface area contributed by atoms with E-state index < -0.39 is 5.54 Å². The number of fused-ring (bicyclic) bond motifs is 1. The number of carbonyl (C=O) groups is 1. The molecule has 0 aliphatic rings. The lowest BCUT2D eigenvalue weighted by atomic mass is 10.1. The van der Waals surface area contributed by atoms with Crippen LogP contribution in [0.3, 0.4) is 0 Å². The highest BCUT2D eigenvalue weighted by molar-refractivity contribution is 5.98. The standard InChI is InChI=1S/C20H22N2O2/c1-20(2,14-24-13-15-6-4-3-5-7-15)22-19(23)17-9-8-16-10-11-21-18(16)12-17/h3-12,21H,13-14H2,1-2H3,(H,22,23). The van der Waals surface area contributed by atoms with Gasteiger partial charge in [-0.15, -0.1) is 0 Å². The number of hydrogen-bond acceptors (Lipinski definition) is 2. The zero-order valence-electron chi connectivity index (χ0n) is 14.0. The molecule has 0 atom stereocenters. The van der Waals surface area contributed by atoms with Crippen molar-refractivity contribution in [3.63, 3.8) is 0 Å². The number of benzene rings is 2. The van der Waals surface area contributed by atoms with Crippen molar-refractivity contribution >= 4 is 16.8 Å². The van der Waals surface area contributed by atoms with Gasteiger partial charge in [-0.2, -0.15) is 0 Å². The van der Waals surface area contributed by atoms with Crippen LogP contribution in [0, 0.1) is 0 Å². The Morgan fingerprint density at radius 3 is 2.71 bits per heavy atom. The largest absolute Gasteiger partial charge is 0.374 e. The molecular formula is C20H22N2O2. The number of ether oxygens (including phenoxy) is 1. The van der Waals surface area contributed by atoms with E-state index in [2.05, 4.69) is 10.3 Å². The molecule has 3 aromatic rings. The Balaban J connectivity index is 1.57. The molecule has 0 saturated heterocycles. The topological polar surface area (TPSA) is 54.1 Å². The van der Waals surface area contributed by atoms with Gasteiger partial charge in [-0.1, -0.05) is 36.4 Å². The first-order valence-electron chi connectivity index (χ1n) is 8.05. The molecule has 0 radical (unpaired) electrons. The zero-order valence-corrected chi connectivity index (χ0v) is 14.0. The second kappa shape index (κ2) is 6.89. The Kier molecular flexibility index (Phi) is 4.67. The molecule has 1 heterocycles. The van der Waals surface area contributed by atoms with Crippen molar-refractivity contribution in [3.8, 4) is 0 Å². The molecule has 0 fully saturated rings. The van der Waals surface area contributed by atoms with Gasteiger partial charge >= 0.3 is 0 Å². The van der Waals surface area contributed by atoms with E-state index in [1.54, 1.807) is 0 Å². The van der Waals surface area contributed by atoms with Crippen molar-refractivity contribution < 1.29 is 9.53 Å². The van der Waals surface area contributed by atoms with Gasteiger partial charge in [0.1, 0.15) is 0 Å². The molecular weight excluding hydrogens is 300 g/mol. The van der Waals surface area contributed by atoms with Crippen LogP contribution in [0.15, 0.2) is 60.8 Å². The van der Waals surface area contributed by atoms with E-state index in [-0.39, 0.29) is 5.91 Å². The molecule has 3 rings (SSSR count). The van der Waals surface area contributed by atoms with Crippen molar-refractivity contribution in [2.24, 2.45) is 0 Å². The Morgan fingerprint density at radius 1 is 1.12 bits per heavy atom. The third kappa shape index (κ3) is 4.03. The van der Waals surface area contributed by atoms with Crippen LogP contribution in [0.5, 0.6) is 0 Å². The molecule has 0 spiro atoms. The van der Waals surface area contributed by atoms with Gasteiger partial charge in [0, 0.05) is 17.3 Å². The molecule has 2 aromatic carbocycles. The molecule has 0 aliphatic heterocycles. The number of aromatic amines is 1. The minimum atomic E-state index is -0.448. The van der Waals surface area contributed by atoms with Gasteiger partial charge in [0.25, 0.3) is 5.91 Å². The molecule has 0 unspecified atom stereocenters. The fourth-order valence-corrected chi connectivity index (χ4v) is 2.60. The molecule has 4 heteroatoms. The van der Waals surface area contributed by atoms with Gasteiger partial charge in [-0.05, 0) is 43.0 Å². The van der Waals surface area contributed by atoms with Crippen LogP contribution in [-0.2, 0) is 11.3 Å². The number of rotatable bonds is 6. The maximum Gasteiger partial charge on any atom is 0.251 e. The second-order valence-electron chi connectivity index (χ2n) is 6.60. The van der Waals surface area contributed by atoms with Gasteiger partial charge < -0.3 is 15.0 Å². The molecule has 1 aromatic heterocycles. The average Bonchev–Trinajstić information content (AvgIpc) is 3.02. The van der Waals surface area contributed by atoms with Crippen LogP contribution in [0.1, 0.15) is 29.8 Å². The van der Waals surface area contributed by atoms with Crippen molar-refractivity contribution in [2.45, 2.75) is 26.0 Å². The van der Waals surface area contributed by atoms with E-state index in [0.717, 1.165) is 16.5 Å². The Hall–Kier alpha value is -2.59. The SMILES string of the molecule is CC(C)(COCc1ccccc1)NC(=O)c1ccc2cc[nH]c2c1. The maximum absolute atomic E-state index is 12.5. The first kappa shape index (κ1) is 16.3. The number of nitrogens with one attached hydrogen (secondary N) is 2. The summed E-state index contributed by atoms with van der Waals surface area (Å²) in [6.45, 7) is 4.90. The van der Waals surface area contributed by atoms with Crippen LogP contribution in [0.4, 0.5) is 0 Å². The summed E-state index contributed by atoms with van der Waals surface area (Å²) < 4.78 is 5.76. The van der Waals surface area contributed by atoms with Gasteiger partial charge in [0.15, 0.2) is 0 Å². The molecule has 2 N–H and O–H groups in total. The number of carbonyl (C=O) groups excluding carboxylic acids is 1. The summed E-state index contributed by atoms with van der Waals surface area (Å²) in [6.07, 6.45) is 1.87. The zero-order chi connectivity index (χ0) is 17.0. The fraction of sp³-hybridized carbons (Fsp3) is 0.250. The van der Waals surface area contributed by atoms with Gasteiger partial charge in [0.2, 0.25) is 0 Å². The summed E-state index contributed by atoms with van der Waals surface area (Å²) in [6, 6.07) is 17.6. The van der Waals surface area contributed by atoms with Gasteiger partial charge in [0.05, 0.1) is 18.8 Å². The van der Waals surface area contributed by atoms with Crippen molar-refractivity contribution in [1.82, 2.24) is 10.3 Å². The summed E-state index contributed by atoms with van der Waals surface area (Å²) in [5.41, 5.74) is 2.27. The lowest BCUT2D eigenvalue weighted by molar-refractivity contribution is 0.0617. The molecule has 24 heavy (non-hydrogen) atoms. The van der Waals surface area contributed by atoms with Gasteiger partial charge in [-0.25, -0.2) is 0 Å². The minimum Gasteiger partial charge on any atom is -0.374 e. The molecule has 0 saturated carbocycles. The number of amides is 1. The Labute approximate surface area is 141 Å². The predicted molar refractivity (Wildman–Crippen MR) is 95.9 cm³/mol. The summed E-state index contributed by atoms with van der Waals surface area (Å²) >= 11 is 0. The second-order valence-corrected chi connectivity index (χ2v) is 6.60. The van der Waals surface area contributed by atoms with E-state index >= 15 is 0 Å². The van der Waals surface area contributed by atoms with Crippen LogP contribution in [-0.4, -0.2) is 23.0 Å². The van der Waals surface area contributed by atoms with Crippen LogP contribution < -0.4 is 5.32 Å². The van der Waals surface area contributed by atoms with Crippen molar-refractivity contribution in [2.75, 3.05) is 6.61 Å². The lowest BCUT2D eigenvalue weighted by Gasteiger charge is -2.26. The quantitative estimate of drug-likeness (QED) is 0.723. The van der Waals surface area contributed by atoms with E-state index in [1.807, 2.05) is 74.6 Å². The normalized spacial score (nSPS) is 11.6. The molecule has 0 aliphatic carbocycles. The molecule has 4 nitrogen and oxygen atoms in total. The third-order valence-electron chi connectivity index (χ3n) is 3.84. The summed E-state index contributed by atoms with van der Waals surface area (Å²) in [5.74, 6) is -0.0974. The van der Waals surface area contributed by atoms with E-state index in [0.29, 0.717) is 18.8 Å². The highest BCUT2D eigenvalue weighted by Crippen LogP contribution is 2.15. The molecule has 1 amide bonds. The first-order valence-corrected chi connectivity index (χ1v) is 8.05. The highest BCUT2D eigenvalue weighted by Gasteiger charge is 2.21. The number of aromatic nitrogens is 1. The van der Waals surface area contributed by atoms with Crippen LogP contribution in [0.25, 0.3) is 10.9 Å². The smallest absolute Gasteiger partial charge is 0.251 e. The fourth-order valence-electron chi connectivity index (χ4n) is 2.60. The Morgan fingerprint density at radius 2 is 1.92 bits per heavy atom.